The number of furan rings is 1. The van der Waals surface area contributed by atoms with Crippen molar-refractivity contribution in [1.82, 2.24) is 0 Å². The van der Waals surface area contributed by atoms with Crippen LogP contribution in [0.1, 0.15) is 22.3 Å². The van der Waals surface area contributed by atoms with E-state index in [1.165, 1.54) is 86.9 Å². The monoisotopic (exact) mass is 831 g/mol. The molecule has 0 N–H and O–H groups in total. The fraction of sp³-hybridized carbons (Fsp3) is 0.0164. The van der Waals surface area contributed by atoms with E-state index in [0.717, 1.165) is 39.0 Å². The third-order valence-electron chi connectivity index (χ3n) is 13.9. The number of hydrogen-bond acceptors (Lipinski definition) is 3. The van der Waals surface area contributed by atoms with E-state index in [1.807, 2.05) is 17.4 Å². The van der Waals surface area contributed by atoms with Crippen molar-refractivity contribution < 1.29 is 4.42 Å². The summed E-state index contributed by atoms with van der Waals surface area (Å²) in [7, 11) is 0. The Morgan fingerprint density at radius 3 is 1.66 bits per heavy atom. The Kier molecular flexibility index (Phi) is 7.51. The van der Waals surface area contributed by atoms with E-state index >= 15 is 0 Å². The van der Waals surface area contributed by atoms with Gasteiger partial charge in [0.15, 0.2) is 0 Å². The lowest BCUT2D eigenvalue weighted by Crippen LogP contribution is -2.29. The fourth-order valence-corrected chi connectivity index (χ4v) is 12.3. The van der Waals surface area contributed by atoms with Crippen molar-refractivity contribution >= 4 is 70.5 Å². The first-order valence-electron chi connectivity index (χ1n) is 22.0. The normalized spacial score (nSPS) is 14.6. The van der Waals surface area contributed by atoms with Crippen LogP contribution in [-0.4, -0.2) is 0 Å². The number of anilines is 3. The first-order chi connectivity index (χ1) is 31.7. The van der Waals surface area contributed by atoms with E-state index < -0.39 is 5.41 Å². The summed E-state index contributed by atoms with van der Waals surface area (Å²) in [4.78, 5) is 2.40. The average Bonchev–Trinajstić information content (AvgIpc) is 3.99. The Hall–Kier alpha value is -7.98. The average molecular weight is 832 g/mol. The fourth-order valence-electron chi connectivity index (χ4n) is 11.2. The van der Waals surface area contributed by atoms with Crippen molar-refractivity contribution in [3.8, 4) is 44.5 Å². The topological polar surface area (TPSA) is 16.4 Å². The number of thiophene rings is 1. The van der Waals surface area contributed by atoms with Crippen LogP contribution in [0.15, 0.2) is 229 Å². The number of hydrogen-bond donors (Lipinski definition) is 0. The lowest BCUT2D eigenvalue weighted by molar-refractivity contribution is 0.669. The van der Waals surface area contributed by atoms with E-state index in [0.29, 0.717) is 0 Å². The number of nitrogens with zero attached hydrogens (tertiary/aromatic N) is 1. The highest BCUT2D eigenvalue weighted by atomic mass is 32.1. The Balaban J connectivity index is 1.06. The van der Waals surface area contributed by atoms with E-state index in [2.05, 4.69) is 223 Å². The molecule has 1 atom stereocenters. The van der Waals surface area contributed by atoms with Crippen molar-refractivity contribution in [2.24, 2.45) is 0 Å². The van der Waals surface area contributed by atoms with Crippen molar-refractivity contribution in [3.63, 3.8) is 0 Å². The van der Waals surface area contributed by atoms with Crippen molar-refractivity contribution in [1.29, 1.82) is 0 Å². The molecule has 2 nitrogen and oxygen atoms in total. The molecule has 2 aliphatic rings. The first-order valence-corrected chi connectivity index (χ1v) is 22.8. The van der Waals surface area contributed by atoms with Gasteiger partial charge in [-0.15, -0.1) is 11.3 Å². The molecule has 12 aromatic rings. The maximum absolute atomic E-state index is 6.54. The van der Waals surface area contributed by atoms with Crippen LogP contribution in [0.4, 0.5) is 17.1 Å². The van der Waals surface area contributed by atoms with Crippen LogP contribution < -0.4 is 4.90 Å². The van der Waals surface area contributed by atoms with Crippen molar-refractivity contribution in [2.75, 3.05) is 4.90 Å². The number of rotatable bonds is 4. The van der Waals surface area contributed by atoms with Gasteiger partial charge in [0.2, 0.25) is 0 Å². The maximum Gasteiger partial charge on any atom is 0.137 e. The molecule has 1 unspecified atom stereocenters. The summed E-state index contributed by atoms with van der Waals surface area (Å²) >= 11 is 1.90. The molecule has 0 aliphatic heterocycles. The summed E-state index contributed by atoms with van der Waals surface area (Å²) < 4.78 is 9.17. The van der Waals surface area contributed by atoms with Gasteiger partial charge >= 0.3 is 0 Å². The number of fused-ring (bicyclic) bond motifs is 18. The third-order valence-corrected chi connectivity index (χ3v) is 15.0. The van der Waals surface area contributed by atoms with Crippen LogP contribution >= 0.6 is 11.3 Å². The minimum atomic E-state index is -0.588. The second kappa shape index (κ2) is 13.5. The highest BCUT2D eigenvalue weighted by molar-refractivity contribution is 7.25. The van der Waals surface area contributed by atoms with Gasteiger partial charge in [0.25, 0.3) is 0 Å². The van der Waals surface area contributed by atoms with E-state index in [9.17, 15) is 0 Å². The summed E-state index contributed by atoms with van der Waals surface area (Å²) in [5.41, 5.74) is 19.5. The molecule has 0 radical (unpaired) electrons. The second-order valence-corrected chi connectivity index (χ2v) is 18.2. The summed E-state index contributed by atoms with van der Waals surface area (Å²) in [6.45, 7) is 0. The van der Waals surface area contributed by atoms with Crippen LogP contribution in [0, 0.1) is 0 Å². The SMILES string of the molecule is c1ccc(-c2ccc(N(c3ccc4c(c3)-c3ccccc3-c3ccccc3C43c4ccccc4-c4cc5c(cc43)sc3ccccc35)c3ccc4c(c3)oc3ccccc34)cc2)cc1. The molecule has 2 aromatic heterocycles. The molecule has 0 bridgehead atoms. The van der Waals surface area contributed by atoms with Crippen LogP contribution in [0.25, 0.3) is 86.6 Å². The van der Waals surface area contributed by atoms with Gasteiger partial charge in [-0.1, -0.05) is 158 Å². The Morgan fingerprint density at radius 1 is 0.312 bits per heavy atom. The lowest BCUT2D eigenvalue weighted by Gasteiger charge is -2.36. The molecule has 0 fully saturated rings. The molecular weight excluding hydrogens is 795 g/mol. The standard InChI is InChI=1S/C61H37NOS/c1-2-14-38(15-3-1)39-26-28-40(29-27-39)62(42-30-32-48-47-20-8-12-24-57(47)63-58(48)35-42)41-31-33-55-50(34-41)44-17-5-4-16-43(44)45-18-6-10-22-53(45)61(55)54-23-11-7-19-46(54)51-36-52-49-21-9-13-25-59(49)64-60(52)37-56(51)61/h1-37H. The zero-order chi connectivity index (χ0) is 41.9. The quantitative estimate of drug-likeness (QED) is 0.176. The Morgan fingerprint density at radius 2 is 0.859 bits per heavy atom. The zero-order valence-electron chi connectivity index (χ0n) is 34.6. The smallest absolute Gasteiger partial charge is 0.137 e. The molecule has 64 heavy (non-hydrogen) atoms. The van der Waals surface area contributed by atoms with Crippen LogP contribution in [-0.2, 0) is 5.41 Å². The van der Waals surface area contributed by atoms with Crippen LogP contribution in [0.2, 0.25) is 0 Å². The minimum Gasteiger partial charge on any atom is -0.456 e. The van der Waals surface area contributed by atoms with E-state index in [4.69, 9.17) is 4.42 Å². The van der Waals surface area contributed by atoms with Gasteiger partial charge in [0.05, 0.1) is 5.41 Å². The van der Waals surface area contributed by atoms with Gasteiger partial charge in [-0.3, -0.25) is 0 Å². The van der Waals surface area contributed by atoms with Gasteiger partial charge in [-0.2, -0.15) is 0 Å². The molecule has 0 saturated heterocycles. The van der Waals surface area contributed by atoms with Gasteiger partial charge in [0, 0.05) is 54.1 Å². The molecule has 14 rings (SSSR count). The maximum atomic E-state index is 6.54. The molecule has 298 valence electrons. The van der Waals surface area contributed by atoms with Gasteiger partial charge in [-0.25, -0.2) is 0 Å². The van der Waals surface area contributed by atoms with Gasteiger partial charge < -0.3 is 9.32 Å². The molecule has 10 aromatic carbocycles. The van der Waals surface area contributed by atoms with E-state index in [1.54, 1.807) is 0 Å². The van der Waals surface area contributed by atoms with Gasteiger partial charge in [-0.05, 0) is 127 Å². The minimum absolute atomic E-state index is 0.588. The van der Waals surface area contributed by atoms with Crippen molar-refractivity contribution in [2.45, 2.75) is 5.41 Å². The summed E-state index contributed by atoms with van der Waals surface area (Å²) in [6.07, 6.45) is 0. The Labute approximate surface area is 374 Å². The van der Waals surface area contributed by atoms with Crippen LogP contribution in [0.3, 0.4) is 0 Å². The van der Waals surface area contributed by atoms with Crippen molar-refractivity contribution in [3.05, 3.63) is 247 Å². The molecule has 2 aliphatic carbocycles. The molecular formula is C61H37NOS. The van der Waals surface area contributed by atoms with Gasteiger partial charge in [0.1, 0.15) is 11.2 Å². The molecule has 3 heteroatoms. The molecule has 0 amide bonds. The predicted molar refractivity (Wildman–Crippen MR) is 268 cm³/mol. The predicted octanol–water partition coefficient (Wildman–Crippen LogP) is 17.1. The highest BCUT2D eigenvalue weighted by Crippen LogP contribution is 2.63. The number of benzene rings is 10. The first kappa shape index (κ1) is 35.6. The Bertz CT molecular complexity index is 3860. The zero-order valence-corrected chi connectivity index (χ0v) is 35.4. The number of para-hydroxylation sites is 1. The summed E-state index contributed by atoms with van der Waals surface area (Å²) in [5, 5.41) is 4.88. The molecule has 1 spiro atoms. The molecule has 2 heterocycles. The summed E-state index contributed by atoms with van der Waals surface area (Å²) in [6, 6.07) is 83.0. The van der Waals surface area contributed by atoms with Crippen LogP contribution in [0.5, 0.6) is 0 Å². The molecule has 0 saturated carbocycles. The summed E-state index contributed by atoms with van der Waals surface area (Å²) in [5.74, 6) is 0. The van der Waals surface area contributed by atoms with E-state index in [-0.39, 0.29) is 0 Å². The highest BCUT2D eigenvalue weighted by Gasteiger charge is 2.50. The lowest BCUT2D eigenvalue weighted by atomic mass is 9.66. The second-order valence-electron chi connectivity index (χ2n) is 17.1. The largest absolute Gasteiger partial charge is 0.456 e. The third kappa shape index (κ3) is 4.96.